The molecule has 22 heavy (non-hydrogen) atoms. The first-order chi connectivity index (χ1) is 10.7. The molecule has 1 aromatic heterocycles. The van der Waals surface area contributed by atoms with Crippen LogP contribution in [0.1, 0.15) is 29.2 Å². The Hall–Kier alpha value is -2.56. The van der Waals surface area contributed by atoms with Crippen LogP contribution >= 0.6 is 0 Å². The predicted molar refractivity (Wildman–Crippen MR) is 82.9 cm³/mol. The van der Waals surface area contributed by atoms with Crippen LogP contribution in [0.5, 0.6) is 11.5 Å². The summed E-state index contributed by atoms with van der Waals surface area (Å²) in [4.78, 5) is 23.4. The van der Waals surface area contributed by atoms with Crippen molar-refractivity contribution in [2.75, 3.05) is 14.2 Å². The molecule has 2 aromatic rings. The normalized spacial score (nSPS) is 13.7. The third kappa shape index (κ3) is 2.39. The molecular weight excluding hydrogens is 282 g/mol. The second-order valence-electron chi connectivity index (χ2n) is 5.27. The molecule has 1 aromatic carbocycles. The van der Waals surface area contributed by atoms with Crippen LogP contribution in [-0.2, 0) is 0 Å². The van der Waals surface area contributed by atoms with E-state index in [9.17, 15) is 9.59 Å². The van der Waals surface area contributed by atoms with Crippen molar-refractivity contribution in [2.24, 2.45) is 0 Å². The number of aromatic nitrogens is 1. The molecule has 0 amide bonds. The Morgan fingerprint density at radius 2 is 1.82 bits per heavy atom. The van der Waals surface area contributed by atoms with E-state index in [2.05, 4.69) is 0 Å². The molecule has 1 aliphatic carbocycles. The van der Waals surface area contributed by atoms with Gasteiger partial charge in [-0.05, 0) is 43.2 Å². The predicted octanol–water partition coefficient (Wildman–Crippen LogP) is 2.68. The maximum absolute atomic E-state index is 12.4. The molecule has 114 valence electrons. The highest BCUT2D eigenvalue weighted by atomic mass is 16.5. The monoisotopic (exact) mass is 299 g/mol. The zero-order valence-electron chi connectivity index (χ0n) is 12.5. The van der Waals surface area contributed by atoms with Crippen molar-refractivity contribution in [3.05, 3.63) is 46.2 Å². The Bertz CT molecular complexity index is 775. The van der Waals surface area contributed by atoms with Gasteiger partial charge in [0.05, 0.1) is 25.5 Å². The molecule has 0 aliphatic heterocycles. The minimum Gasteiger partial charge on any atom is -0.493 e. The number of benzene rings is 1. The molecule has 0 spiro atoms. The van der Waals surface area contributed by atoms with Crippen LogP contribution in [0.4, 0.5) is 0 Å². The summed E-state index contributed by atoms with van der Waals surface area (Å²) in [6, 6.07) is 9.09. The molecule has 5 nitrogen and oxygen atoms in total. The number of methoxy groups -OCH3 is 2. The number of carbonyl (C=O) groups excluding carboxylic acids is 1. The van der Waals surface area contributed by atoms with E-state index in [-0.39, 0.29) is 17.2 Å². The van der Waals surface area contributed by atoms with Crippen molar-refractivity contribution in [1.82, 2.24) is 4.57 Å². The lowest BCUT2D eigenvalue weighted by atomic mass is 10.1. The molecule has 0 atom stereocenters. The van der Waals surface area contributed by atoms with Gasteiger partial charge in [-0.3, -0.25) is 9.59 Å². The van der Waals surface area contributed by atoms with E-state index in [0.29, 0.717) is 17.8 Å². The molecule has 0 saturated heterocycles. The van der Waals surface area contributed by atoms with Gasteiger partial charge in [0.2, 0.25) is 0 Å². The summed E-state index contributed by atoms with van der Waals surface area (Å²) < 4.78 is 12.3. The van der Waals surface area contributed by atoms with Crippen LogP contribution < -0.4 is 15.0 Å². The number of hydrogen-bond acceptors (Lipinski definition) is 4. The van der Waals surface area contributed by atoms with Crippen LogP contribution in [0.15, 0.2) is 35.1 Å². The Kier molecular flexibility index (Phi) is 3.71. The minimum absolute atomic E-state index is 0.176. The zero-order chi connectivity index (χ0) is 15.7. The van der Waals surface area contributed by atoms with Gasteiger partial charge in [0.25, 0.3) is 5.56 Å². The molecule has 3 rings (SSSR count). The molecular formula is C17H17NO4. The number of aldehydes is 1. The van der Waals surface area contributed by atoms with Gasteiger partial charge < -0.3 is 14.0 Å². The van der Waals surface area contributed by atoms with Gasteiger partial charge >= 0.3 is 0 Å². The summed E-state index contributed by atoms with van der Waals surface area (Å²) in [5.74, 6) is 1.24. The molecule has 0 N–H and O–H groups in total. The summed E-state index contributed by atoms with van der Waals surface area (Å²) in [7, 11) is 3.15. The third-order valence-electron chi connectivity index (χ3n) is 3.86. The molecule has 1 heterocycles. The third-order valence-corrected chi connectivity index (χ3v) is 3.86. The second kappa shape index (κ2) is 5.67. The molecule has 0 radical (unpaired) electrons. The highest BCUT2D eigenvalue weighted by Crippen LogP contribution is 2.38. The van der Waals surface area contributed by atoms with Crippen LogP contribution in [0, 0.1) is 0 Å². The Morgan fingerprint density at radius 3 is 2.41 bits per heavy atom. The number of carbonyl (C=O) groups is 1. The number of nitrogens with zero attached hydrogens (tertiary/aromatic N) is 1. The van der Waals surface area contributed by atoms with Crippen molar-refractivity contribution in [2.45, 2.75) is 18.9 Å². The first-order valence-corrected chi connectivity index (χ1v) is 7.12. The topological polar surface area (TPSA) is 57.5 Å². The lowest BCUT2D eigenvalue weighted by Crippen LogP contribution is -2.24. The fourth-order valence-electron chi connectivity index (χ4n) is 2.58. The Morgan fingerprint density at radius 1 is 1.09 bits per heavy atom. The maximum Gasteiger partial charge on any atom is 0.261 e. The lowest BCUT2D eigenvalue weighted by molar-refractivity contribution is 0.112. The quantitative estimate of drug-likeness (QED) is 0.796. The second-order valence-corrected chi connectivity index (χ2v) is 5.27. The zero-order valence-corrected chi connectivity index (χ0v) is 12.5. The van der Waals surface area contributed by atoms with E-state index in [1.54, 1.807) is 24.9 Å². The van der Waals surface area contributed by atoms with Gasteiger partial charge in [-0.25, -0.2) is 0 Å². The number of rotatable bonds is 5. The van der Waals surface area contributed by atoms with Gasteiger partial charge in [0.15, 0.2) is 17.8 Å². The smallest absolute Gasteiger partial charge is 0.261 e. The summed E-state index contributed by atoms with van der Waals surface area (Å²) >= 11 is 0. The molecule has 1 aliphatic rings. The SMILES string of the molecule is COc1ccc(-c2ccc(C=O)c(=O)n2C2CC2)cc1OC. The van der Waals surface area contributed by atoms with E-state index < -0.39 is 0 Å². The fraction of sp³-hybridized carbons (Fsp3) is 0.294. The summed E-state index contributed by atoms with van der Waals surface area (Å²) in [6.07, 6.45) is 2.53. The first kappa shape index (κ1) is 14.4. The van der Waals surface area contributed by atoms with Gasteiger partial charge in [-0.1, -0.05) is 0 Å². The average Bonchev–Trinajstić information content (AvgIpc) is 3.38. The average molecular weight is 299 g/mol. The van der Waals surface area contributed by atoms with Crippen molar-refractivity contribution >= 4 is 6.29 Å². The largest absolute Gasteiger partial charge is 0.493 e. The van der Waals surface area contributed by atoms with Crippen molar-refractivity contribution in [3.8, 4) is 22.8 Å². The van der Waals surface area contributed by atoms with Gasteiger partial charge in [0.1, 0.15) is 0 Å². The summed E-state index contributed by atoms with van der Waals surface area (Å²) in [5, 5.41) is 0. The van der Waals surface area contributed by atoms with Crippen molar-refractivity contribution in [1.29, 1.82) is 0 Å². The van der Waals surface area contributed by atoms with Crippen molar-refractivity contribution in [3.63, 3.8) is 0 Å². The molecule has 5 heteroatoms. The molecule has 0 bridgehead atoms. The highest BCUT2D eigenvalue weighted by Gasteiger charge is 2.28. The summed E-state index contributed by atoms with van der Waals surface area (Å²) in [5.41, 5.74) is 1.61. The molecule has 1 saturated carbocycles. The van der Waals surface area contributed by atoms with Gasteiger partial charge in [-0.2, -0.15) is 0 Å². The van der Waals surface area contributed by atoms with E-state index in [0.717, 1.165) is 24.1 Å². The van der Waals surface area contributed by atoms with E-state index in [1.807, 2.05) is 24.3 Å². The Labute approximate surface area is 128 Å². The van der Waals surface area contributed by atoms with Crippen LogP contribution in [-0.4, -0.2) is 25.1 Å². The van der Waals surface area contributed by atoms with Gasteiger partial charge in [-0.15, -0.1) is 0 Å². The maximum atomic E-state index is 12.4. The van der Waals surface area contributed by atoms with Crippen LogP contribution in [0.25, 0.3) is 11.3 Å². The highest BCUT2D eigenvalue weighted by molar-refractivity contribution is 5.75. The van der Waals surface area contributed by atoms with Crippen LogP contribution in [0.2, 0.25) is 0 Å². The first-order valence-electron chi connectivity index (χ1n) is 7.12. The van der Waals surface area contributed by atoms with Crippen molar-refractivity contribution < 1.29 is 14.3 Å². The number of ether oxygens (including phenoxy) is 2. The van der Waals surface area contributed by atoms with E-state index >= 15 is 0 Å². The number of hydrogen-bond donors (Lipinski definition) is 0. The standard InChI is InChI=1S/C17H17NO4/c1-21-15-8-4-11(9-16(15)22-2)14-7-3-12(10-19)17(20)18(14)13-5-6-13/h3-4,7-10,13H,5-6H2,1-2H3. The fourth-order valence-corrected chi connectivity index (χ4v) is 2.58. The van der Waals surface area contributed by atoms with E-state index in [4.69, 9.17) is 9.47 Å². The minimum atomic E-state index is -0.232. The lowest BCUT2D eigenvalue weighted by Gasteiger charge is -2.15. The molecule has 1 fully saturated rings. The van der Waals surface area contributed by atoms with Gasteiger partial charge in [0, 0.05) is 11.6 Å². The van der Waals surface area contributed by atoms with Crippen LogP contribution in [0.3, 0.4) is 0 Å². The summed E-state index contributed by atoms with van der Waals surface area (Å²) in [6.45, 7) is 0. The molecule has 0 unspecified atom stereocenters. The number of pyridine rings is 1. The Balaban J connectivity index is 2.18. The van der Waals surface area contributed by atoms with E-state index in [1.165, 1.54) is 0 Å².